The Balaban J connectivity index is 1.03. The summed E-state index contributed by atoms with van der Waals surface area (Å²) in [4.78, 5) is 46.1. The quantitative estimate of drug-likeness (QED) is 0.381. The molecule has 246 valence electrons. The summed E-state index contributed by atoms with van der Waals surface area (Å²) in [5.74, 6) is 5.12. The highest BCUT2D eigenvalue weighted by Gasteiger charge is 2.59. The third-order valence-corrected chi connectivity index (χ3v) is 13.3. The first-order valence-corrected chi connectivity index (χ1v) is 18.2. The molecule has 2 saturated carbocycles. The highest BCUT2D eigenvalue weighted by molar-refractivity contribution is 6.05. The van der Waals surface area contributed by atoms with Crippen molar-refractivity contribution in [3.8, 4) is 0 Å². The molecule has 0 aromatic carbocycles. The first-order valence-electron chi connectivity index (χ1n) is 18.2. The number of hydrogen-bond donors (Lipinski definition) is 0. The van der Waals surface area contributed by atoms with Crippen molar-refractivity contribution < 1.29 is 9.59 Å². The molecule has 0 amide bonds. The van der Waals surface area contributed by atoms with Crippen LogP contribution < -0.4 is 14.7 Å². The molecule has 5 fully saturated rings. The molecule has 46 heavy (non-hydrogen) atoms. The summed E-state index contributed by atoms with van der Waals surface area (Å²) in [7, 11) is 0. The van der Waals surface area contributed by atoms with Gasteiger partial charge in [-0.2, -0.15) is 9.97 Å². The number of anilines is 3. The van der Waals surface area contributed by atoms with Gasteiger partial charge in [0.1, 0.15) is 17.4 Å². The van der Waals surface area contributed by atoms with Gasteiger partial charge < -0.3 is 19.6 Å². The van der Waals surface area contributed by atoms with Crippen LogP contribution in [0, 0.1) is 34.5 Å². The summed E-state index contributed by atoms with van der Waals surface area (Å²) in [5.41, 5.74) is 3.50. The Morgan fingerprint density at radius 1 is 0.870 bits per heavy atom. The minimum absolute atomic E-state index is 0.0502. The molecule has 8 nitrogen and oxygen atoms in total. The topological polar surface area (TPSA) is 72.9 Å². The van der Waals surface area contributed by atoms with Crippen LogP contribution in [-0.2, 0) is 9.59 Å². The molecule has 0 N–H and O–H groups in total. The lowest BCUT2D eigenvalue weighted by molar-refractivity contribution is -0.126. The second-order valence-corrected chi connectivity index (χ2v) is 15.9. The maximum Gasteiger partial charge on any atom is 0.229 e. The van der Waals surface area contributed by atoms with Gasteiger partial charge >= 0.3 is 0 Å². The Morgan fingerprint density at radius 2 is 1.48 bits per heavy atom. The predicted octanol–water partition coefficient (Wildman–Crippen LogP) is 5.81. The Labute approximate surface area is 275 Å². The van der Waals surface area contributed by atoms with E-state index in [9.17, 15) is 9.59 Å². The second kappa shape index (κ2) is 11.2. The van der Waals surface area contributed by atoms with Gasteiger partial charge in [-0.3, -0.25) is 9.59 Å². The highest BCUT2D eigenvalue weighted by atomic mass is 16.1. The van der Waals surface area contributed by atoms with E-state index in [0.29, 0.717) is 23.5 Å². The first kappa shape index (κ1) is 30.2. The molecule has 3 saturated heterocycles. The molecule has 0 bridgehead atoms. The van der Waals surface area contributed by atoms with E-state index in [2.05, 4.69) is 58.6 Å². The van der Waals surface area contributed by atoms with Crippen LogP contribution in [0.3, 0.4) is 0 Å². The van der Waals surface area contributed by atoms with Crippen molar-refractivity contribution in [1.29, 1.82) is 0 Å². The van der Waals surface area contributed by atoms with Crippen molar-refractivity contribution in [2.75, 3.05) is 67.1 Å². The Hall–Kier alpha value is -3.16. The highest BCUT2D eigenvalue weighted by Crippen LogP contribution is 2.65. The van der Waals surface area contributed by atoms with Crippen LogP contribution in [0.4, 0.5) is 17.6 Å². The number of rotatable bonds is 5. The molecule has 4 heterocycles. The molecule has 0 radical (unpaired) electrons. The third-order valence-electron chi connectivity index (χ3n) is 13.3. The van der Waals surface area contributed by atoms with Gasteiger partial charge in [0.2, 0.25) is 11.7 Å². The van der Waals surface area contributed by atoms with E-state index in [-0.39, 0.29) is 22.5 Å². The zero-order valence-electron chi connectivity index (χ0n) is 28.4. The fourth-order valence-corrected chi connectivity index (χ4v) is 11.0. The van der Waals surface area contributed by atoms with Crippen LogP contribution in [-0.4, -0.2) is 78.8 Å². The number of piperazine rings is 1. The van der Waals surface area contributed by atoms with Crippen LogP contribution in [0.25, 0.3) is 0 Å². The van der Waals surface area contributed by atoms with Crippen molar-refractivity contribution in [2.45, 2.75) is 79.1 Å². The minimum Gasteiger partial charge on any atom is -0.365 e. The average Bonchev–Trinajstić information content (AvgIpc) is 3.82. The van der Waals surface area contributed by atoms with E-state index in [1.165, 1.54) is 36.8 Å². The normalized spacial score (nSPS) is 35.8. The van der Waals surface area contributed by atoms with E-state index in [1.54, 1.807) is 0 Å². The molecular formula is C38H52N6O2. The summed E-state index contributed by atoms with van der Waals surface area (Å²) < 4.78 is 0. The Morgan fingerprint density at radius 3 is 2.13 bits per heavy atom. The van der Waals surface area contributed by atoms with Crippen LogP contribution in [0.5, 0.6) is 0 Å². The maximum atomic E-state index is 13.7. The van der Waals surface area contributed by atoms with Crippen LogP contribution in [0.1, 0.15) is 79.1 Å². The Kier molecular flexibility index (Phi) is 7.37. The van der Waals surface area contributed by atoms with Gasteiger partial charge in [0.05, 0.1) is 5.70 Å². The molecule has 7 aliphatic rings. The molecule has 8 heteroatoms. The number of nitrogens with zero attached hydrogens (tertiary/aromatic N) is 6. The summed E-state index contributed by atoms with van der Waals surface area (Å²) in [6.45, 7) is 16.4. The number of fused-ring (bicyclic) bond motifs is 5. The molecule has 0 unspecified atom stereocenters. The van der Waals surface area contributed by atoms with E-state index < -0.39 is 0 Å². The van der Waals surface area contributed by atoms with Crippen molar-refractivity contribution in [2.24, 2.45) is 34.5 Å². The van der Waals surface area contributed by atoms with Crippen LogP contribution in [0.15, 0.2) is 41.1 Å². The number of carbonyl (C=O) groups excluding carboxylic acids is 2. The molecule has 1 aromatic rings. The minimum atomic E-state index is -0.218. The number of Topliss-reactive ketones (excluding diaryl/α,β-unsaturated/α-hetero) is 1. The largest absolute Gasteiger partial charge is 0.365 e. The van der Waals surface area contributed by atoms with Crippen LogP contribution in [0.2, 0.25) is 0 Å². The maximum absolute atomic E-state index is 13.7. The van der Waals surface area contributed by atoms with Crippen LogP contribution >= 0.6 is 0 Å². The Bertz CT molecular complexity index is 1480. The lowest BCUT2D eigenvalue weighted by atomic mass is 9.52. The van der Waals surface area contributed by atoms with Gasteiger partial charge in [0, 0.05) is 69.8 Å². The zero-order chi connectivity index (χ0) is 31.8. The lowest BCUT2D eigenvalue weighted by Gasteiger charge is -2.53. The number of allylic oxidation sites excluding steroid dienone is 5. The van der Waals surface area contributed by atoms with Crippen molar-refractivity contribution in [3.05, 3.63) is 41.1 Å². The number of hydrogen-bond acceptors (Lipinski definition) is 8. The average molecular weight is 625 g/mol. The molecule has 8 rings (SSSR count). The van der Waals surface area contributed by atoms with Gasteiger partial charge in [-0.05, 0) is 101 Å². The predicted molar refractivity (Wildman–Crippen MR) is 183 cm³/mol. The SMILES string of the molecule is CC(=O)[C@H]1[C@H](C)C[C@H]2[C@@H]3CCC4=CC(=O)C(N5CCN(c6cc(N7CCCC7)nc(N7CCCC7)n6)CC5)=C[C@]4(C)C3=CC[C@@]21C. The zero-order valence-corrected chi connectivity index (χ0v) is 28.4. The number of carbonyl (C=O) groups is 2. The van der Waals surface area contributed by atoms with Gasteiger partial charge in [0.15, 0.2) is 0 Å². The van der Waals surface area contributed by atoms with Gasteiger partial charge in [0.25, 0.3) is 0 Å². The number of ketones is 2. The van der Waals surface area contributed by atoms with E-state index in [1.807, 2.05) is 13.0 Å². The molecule has 6 atom stereocenters. The number of aromatic nitrogens is 2. The molecular weight excluding hydrogens is 572 g/mol. The van der Waals surface area contributed by atoms with E-state index >= 15 is 0 Å². The fourth-order valence-electron chi connectivity index (χ4n) is 11.0. The van der Waals surface area contributed by atoms with Crippen molar-refractivity contribution in [3.63, 3.8) is 0 Å². The third kappa shape index (κ3) is 4.75. The summed E-state index contributed by atoms with van der Waals surface area (Å²) >= 11 is 0. The van der Waals surface area contributed by atoms with Crippen molar-refractivity contribution in [1.82, 2.24) is 14.9 Å². The first-order chi connectivity index (χ1) is 22.2. The monoisotopic (exact) mass is 624 g/mol. The smallest absolute Gasteiger partial charge is 0.229 e. The van der Waals surface area contributed by atoms with E-state index in [4.69, 9.17) is 9.97 Å². The summed E-state index contributed by atoms with van der Waals surface area (Å²) in [6, 6.07) is 2.20. The van der Waals surface area contributed by atoms with Gasteiger partial charge in [-0.15, -0.1) is 0 Å². The molecule has 4 aliphatic carbocycles. The standard InChI is InChI=1S/C38H52N6O2/c1-25-21-30-28-10-9-27-22-32(46)31(24-38(27,4)29(28)11-12-37(30,3)35(25)26(2)45)41-17-19-43(20-18-41)34-23-33(42-13-5-6-14-42)39-36(40-34)44-15-7-8-16-44/h11,22-25,28,30,35H,5-10,12-21H2,1-4H3/t25-,28-,30+,35-,37+,38+/m1/s1. The van der Waals surface area contributed by atoms with Gasteiger partial charge in [-0.1, -0.05) is 31.1 Å². The molecule has 0 spiro atoms. The summed E-state index contributed by atoms with van der Waals surface area (Å²) in [6.07, 6.45) is 15.9. The lowest BCUT2D eigenvalue weighted by Crippen LogP contribution is -2.49. The molecule has 3 aliphatic heterocycles. The summed E-state index contributed by atoms with van der Waals surface area (Å²) in [5, 5.41) is 0. The van der Waals surface area contributed by atoms with Gasteiger partial charge in [-0.25, -0.2) is 0 Å². The molecule has 1 aromatic heterocycles. The fraction of sp³-hybridized carbons (Fsp3) is 0.684. The van der Waals surface area contributed by atoms with E-state index in [0.717, 1.165) is 101 Å². The second-order valence-electron chi connectivity index (χ2n) is 15.9. The van der Waals surface area contributed by atoms with Crippen molar-refractivity contribution >= 4 is 29.2 Å².